The minimum atomic E-state index is -1.93. The Balaban J connectivity index is 2.05. The molecular weight excluding hydrogens is 408 g/mol. The van der Waals surface area contributed by atoms with Crippen LogP contribution in [0.5, 0.6) is 0 Å². The first kappa shape index (κ1) is 25.6. The van der Waals surface area contributed by atoms with Gasteiger partial charge in [0.15, 0.2) is 0 Å². The van der Waals surface area contributed by atoms with Crippen LogP contribution >= 0.6 is 0 Å². The first-order valence-electron chi connectivity index (χ1n) is 11.0. The van der Waals surface area contributed by atoms with E-state index in [0.29, 0.717) is 11.1 Å². The standard InChI is InChI=1S/C26H34O6/c1-3-5-17-7-11-19(12-8-17)15-21(27)23(29)25(31)26(32)24(30)22(28)16-20-13-9-18(6-4-2)10-14-20/h7-16,23-32H,3-6H2,1-2H3/t23-,24+,25-,26-/m1/s1. The quantitative estimate of drug-likeness (QED) is 0.296. The monoisotopic (exact) mass is 442 g/mol. The van der Waals surface area contributed by atoms with Gasteiger partial charge in [-0.1, -0.05) is 75.2 Å². The van der Waals surface area contributed by atoms with E-state index in [9.17, 15) is 30.6 Å². The second kappa shape index (κ2) is 12.4. The van der Waals surface area contributed by atoms with Crippen LogP contribution in [-0.2, 0) is 12.8 Å². The molecule has 0 aromatic heterocycles. The fraction of sp³-hybridized carbons (Fsp3) is 0.385. The molecule has 4 atom stereocenters. The highest BCUT2D eigenvalue weighted by molar-refractivity contribution is 5.53. The van der Waals surface area contributed by atoms with E-state index < -0.39 is 35.9 Å². The van der Waals surface area contributed by atoms with Gasteiger partial charge in [-0.3, -0.25) is 0 Å². The van der Waals surface area contributed by atoms with Crippen LogP contribution in [0.25, 0.3) is 12.2 Å². The predicted molar refractivity (Wildman–Crippen MR) is 126 cm³/mol. The molecule has 0 aliphatic rings. The number of rotatable bonds is 11. The van der Waals surface area contributed by atoms with Gasteiger partial charge in [0.25, 0.3) is 0 Å². The topological polar surface area (TPSA) is 121 Å². The lowest BCUT2D eigenvalue weighted by Crippen LogP contribution is -2.45. The summed E-state index contributed by atoms with van der Waals surface area (Å²) in [4.78, 5) is 0. The Bertz CT molecular complexity index is 810. The van der Waals surface area contributed by atoms with E-state index >= 15 is 0 Å². The van der Waals surface area contributed by atoms with E-state index in [0.717, 1.165) is 36.8 Å². The molecule has 0 radical (unpaired) electrons. The van der Waals surface area contributed by atoms with Gasteiger partial charge < -0.3 is 30.6 Å². The highest BCUT2D eigenvalue weighted by Crippen LogP contribution is 2.19. The van der Waals surface area contributed by atoms with Gasteiger partial charge in [0.05, 0.1) is 0 Å². The van der Waals surface area contributed by atoms with Gasteiger partial charge in [0, 0.05) is 0 Å². The number of hydrogen-bond acceptors (Lipinski definition) is 6. The summed E-state index contributed by atoms with van der Waals surface area (Å²) < 4.78 is 0. The van der Waals surface area contributed by atoms with Crippen LogP contribution in [0.1, 0.15) is 48.9 Å². The number of benzene rings is 2. The highest BCUT2D eigenvalue weighted by Gasteiger charge is 2.34. The summed E-state index contributed by atoms with van der Waals surface area (Å²) in [6.45, 7) is 4.15. The van der Waals surface area contributed by atoms with E-state index in [1.807, 2.05) is 24.3 Å². The van der Waals surface area contributed by atoms with Gasteiger partial charge in [0.1, 0.15) is 35.9 Å². The molecule has 2 aromatic carbocycles. The van der Waals surface area contributed by atoms with E-state index in [4.69, 9.17) is 0 Å². The fourth-order valence-corrected chi connectivity index (χ4v) is 3.37. The van der Waals surface area contributed by atoms with Crippen LogP contribution in [0.4, 0.5) is 0 Å². The molecule has 0 heterocycles. The molecule has 0 bridgehead atoms. The van der Waals surface area contributed by atoms with Crippen molar-refractivity contribution in [3.05, 3.63) is 82.3 Å². The average Bonchev–Trinajstić information content (AvgIpc) is 2.80. The summed E-state index contributed by atoms with van der Waals surface area (Å²) in [5.41, 5.74) is 3.51. The van der Waals surface area contributed by atoms with Gasteiger partial charge in [-0.15, -0.1) is 0 Å². The Kier molecular flexibility index (Phi) is 9.94. The number of hydrogen-bond donors (Lipinski definition) is 6. The maximum atomic E-state index is 10.2. The minimum absolute atomic E-state index is 0.568. The zero-order chi connectivity index (χ0) is 23.7. The van der Waals surface area contributed by atoms with Crippen molar-refractivity contribution in [2.45, 2.75) is 63.9 Å². The lowest BCUT2D eigenvalue weighted by atomic mass is 9.98. The maximum Gasteiger partial charge on any atom is 0.139 e. The SMILES string of the molecule is CCCc1ccc(C=C(O)[C@@H](O)[C@@H](O)[C@H](O)[C@@H](O)C(O)=Cc2ccc(CCC)cc2)cc1. The molecule has 0 saturated carbocycles. The Morgan fingerprint density at radius 3 is 1.22 bits per heavy atom. The Hall–Kier alpha value is -2.64. The molecule has 0 spiro atoms. The van der Waals surface area contributed by atoms with Gasteiger partial charge in [-0.05, 0) is 47.2 Å². The average molecular weight is 443 g/mol. The Labute approximate surface area is 189 Å². The fourth-order valence-electron chi connectivity index (χ4n) is 3.37. The molecule has 2 aromatic rings. The molecule has 174 valence electrons. The van der Waals surface area contributed by atoms with Crippen molar-refractivity contribution >= 4 is 12.2 Å². The van der Waals surface area contributed by atoms with Gasteiger partial charge in [-0.25, -0.2) is 0 Å². The lowest BCUT2D eigenvalue weighted by Gasteiger charge is -2.26. The molecule has 0 unspecified atom stereocenters. The molecule has 0 amide bonds. The summed E-state index contributed by atoms with van der Waals surface area (Å²) in [7, 11) is 0. The van der Waals surface area contributed by atoms with Crippen LogP contribution in [0.15, 0.2) is 60.0 Å². The molecular formula is C26H34O6. The van der Waals surface area contributed by atoms with Gasteiger partial charge in [-0.2, -0.15) is 0 Å². The highest BCUT2D eigenvalue weighted by atomic mass is 16.4. The molecule has 0 fully saturated rings. The minimum Gasteiger partial charge on any atom is -0.509 e. The normalized spacial score (nSPS) is 16.4. The van der Waals surface area contributed by atoms with E-state index in [1.165, 1.54) is 12.2 Å². The van der Waals surface area contributed by atoms with Crippen molar-refractivity contribution in [3.8, 4) is 0 Å². The van der Waals surface area contributed by atoms with E-state index in [1.54, 1.807) is 24.3 Å². The van der Waals surface area contributed by atoms with Crippen molar-refractivity contribution in [3.63, 3.8) is 0 Å². The number of aliphatic hydroxyl groups excluding tert-OH is 6. The molecule has 2 rings (SSSR count). The molecule has 6 nitrogen and oxygen atoms in total. The van der Waals surface area contributed by atoms with Crippen LogP contribution < -0.4 is 0 Å². The molecule has 6 heteroatoms. The van der Waals surface area contributed by atoms with Crippen molar-refractivity contribution in [2.75, 3.05) is 0 Å². The predicted octanol–water partition coefficient (Wildman–Crippen LogP) is 3.53. The summed E-state index contributed by atoms with van der Waals surface area (Å²) in [5.74, 6) is -1.14. The summed E-state index contributed by atoms with van der Waals surface area (Å²) in [6.07, 6.45) is -1.12. The second-order valence-electron chi connectivity index (χ2n) is 7.99. The zero-order valence-corrected chi connectivity index (χ0v) is 18.6. The Morgan fingerprint density at radius 1 is 0.625 bits per heavy atom. The Morgan fingerprint density at radius 2 is 0.938 bits per heavy atom. The molecule has 0 aliphatic carbocycles. The summed E-state index contributed by atoms with van der Waals surface area (Å²) in [6, 6.07) is 14.7. The molecule has 6 N–H and O–H groups in total. The van der Waals surface area contributed by atoms with Crippen LogP contribution in [-0.4, -0.2) is 55.1 Å². The van der Waals surface area contributed by atoms with Crippen LogP contribution in [0.2, 0.25) is 0 Å². The first-order chi connectivity index (χ1) is 15.3. The molecule has 0 aliphatic heterocycles. The summed E-state index contributed by atoms with van der Waals surface area (Å²) in [5, 5.41) is 61.2. The third kappa shape index (κ3) is 7.21. The number of aryl methyl sites for hydroxylation is 2. The van der Waals surface area contributed by atoms with Crippen molar-refractivity contribution in [1.29, 1.82) is 0 Å². The largest absolute Gasteiger partial charge is 0.509 e. The third-order valence-electron chi connectivity index (χ3n) is 5.27. The smallest absolute Gasteiger partial charge is 0.139 e. The molecule has 0 saturated heterocycles. The first-order valence-corrected chi connectivity index (χ1v) is 11.0. The van der Waals surface area contributed by atoms with Crippen LogP contribution in [0, 0.1) is 0 Å². The lowest BCUT2D eigenvalue weighted by molar-refractivity contribution is -0.0996. The van der Waals surface area contributed by atoms with Gasteiger partial charge >= 0.3 is 0 Å². The van der Waals surface area contributed by atoms with Crippen LogP contribution in [0.3, 0.4) is 0 Å². The summed E-state index contributed by atoms with van der Waals surface area (Å²) >= 11 is 0. The van der Waals surface area contributed by atoms with Crippen molar-refractivity contribution in [1.82, 2.24) is 0 Å². The third-order valence-corrected chi connectivity index (χ3v) is 5.27. The van der Waals surface area contributed by atoms with Crippen molar-refractivity contribution < 1.29 is 30.6 Å². The van der Waals surface area contributed by atoms with E-state index in [2.05, 4.69) is 13.8 Å². The number of aliphatic hydroxyl groups is 6. The second-order valence-corrected chi connectivity index (χ2v) is 7.99. The van der Waals surface area contributed by atoms with Gasteiger partial charge in [0.2, 0.25) is 0 Å². The zero-order valence-electron chi connectivity index (χ0n) is 18.6. The maximum absolute atomic E-state index is 10.2. The molecule has 32 heavy (non-hydrogen) atoms. The van der Waals surface area contributed by atoms with E-state index in [-0.39, 0.29) is 0 Å². The van der Waals surface area contributed by atoms with Crippen molar-refractivity contribution in [2.24, 2.45) is 0 Å².